The fourth-order valence-corrected chi connectivity index (χ4v) is 11.8. The summed E-state index contributed by atoms with van der Waals surface area (Å²) in [6.07, 6.45) is 35.2. The van der Waals surface area contributed by atoms with E-state index in [0.717, 1.165) is 57.8 Å². The number of aliphatic hydroxyl groups excluding tert-OH is 11. The van der Waals surface area contributed by atoms with Crippen molar-refractivity contribution in [3.05, 3.63) is 48.6 Å². The zero-order valence-corrected chi connectivity index (χ0v) is 54.9. The molecule has 0 spiro atoms. The van der Waals surface area contributed by atoms with Crippen molar-refractivity contribution < 1.29 is 89.4 Å². The van der Waals surface area contributed by atoms with Crippen LogP contribution in [-0.4, -0.2) is 193 Å². The summed E-state index contributed by atoms with van der Waals surface area (Å²) in [6, 6.07) is -0.974. The molecule has 1 amide bonds. The maximum absolute atomic E-state index is 13.4. The minimum Gasteiger partial charge on any atom is -0.394 e. The molecule has 3 heterocycles. The lowest BCUT2D eigenvalue weighted by Gasteiger charge is -2.48. The molecule has 3 fully saturated rings. The maximum Gasteiger partial charge on any atom is 0.220 e. The normalized spacial score (nSPS) is 28.5. The van der Waals surface area contributed by atoms with Crippen LogP contribution in [0.5, 0.6) is 0 Å². The van der Waals surface area contributed by atoms with E-state index >= 15 is 0 Å². The molecule has 0 aliphatic carbocycles. The van der Waals surface area contributed by atoms with Crippen molar-refractivity contribution in [1.82, 2.24) is 5.32 Å². The van der Waals surface area contributed by atoms with Crippen LogP contribution in [0, 0.1) is 0 Å². The van der Waals surface area contributed by atoms with Gasteiger partial charge in [-0.1, -0.05) is 242 Å². The molecule has 0 aromatic heterocycles. The molecule has 12 N–H and O–H groups in total. The molecule has 3 aliphatic rings. The predicted molar refractivity (Wildman–Crippen MR) is 346 cm³/mol. The monoisotopic (exact) mass is 1270 g/mol. The number of unbranched alkanes of at least 4 members (excludes halogenated alkanes) is 32. The van der Waals surface area contributed by atoms with Crippen molar-refractivity contribution in [3.63, 3.8) is 0 Å². The van der Waals surface area contributed by atoms with Gasteiger partial charge in [0, 0.05) is 6.42 Å². The van der Waals surface area contributed by atoms with Crippen molar-refractivity contribution in [2.75, 3.05) is 26.4 Å². The molecule has 17 unspecified atom stereocenters. The molecule has 3 rings (SSSR count). The van der Waals surface area contributed by atoms with Gasteiger partial charge in [0.25, 0.3) is 0 Å². The smallest absolute Gasteiger partial charge is 0.220 e. The number of carbonyl (C=O) groups is 1. The summed E-state index contributed by atoms with van der Waals surface area (Å²) in [5.41, 5.74) is 0. The zero-order valence-electron chi connectivity index (χ0n) is 54.9. The van der Waals surface area contributed by atoms with Gasteiger partial charge in [-0.15, -0.1) is 0 Å². The summed E-state index contributed by atoms with van der Waals surface area (Å²) < 4.78 is 34.3. The predicted octanol–water partition coefficient (Wildman–Crippen LogP) is 9.39. The summed E-state index contributed by atoms with van der Waals surface area (Å²) >= 11 is 0. The molecule has 89 heavy (non-hydrogen) atoms. The SMILES string of the molecule is CCCCCCC/C=C\C/C=C\C/C=C\CCCCCCCCCCCCCCCCC(=O)NC(COC1OC(CO)C(OC2OC(CO)C(OC3OC(CO)C(O)C(O)C3O)C(O)C2O)C(O)C1O)C(O)/C=C/CCCCCCCCCCCCCCC. The second-order valence-electron chi connectivity index (χ2n) is 25.3. The van der Waals surface area contributed by atoms with E-state index in [1.165, 1.54) is 173 Å². The van der Waals surface area contributed by atoms with Crippen LogP contribution >= 0.6 is 0 Å². The number of allylic oxidation sites excluding steroid dienone is 7. The van der Waals surface area contributed by atoms with Crippen molar-refractivity contribution in [1.29, 1.82) is 0 Å². The Bertz CT molecular complexity index is 1800. The highest BCUT2D eigenvalue weighted by Crippen LogP contribution is 2.33. The number of carbonyl (C=O) groups excluding carboxylic acids is 1. The van der Waals surface area contributed by atoms with Gasteiger partial charge in [-0.05, 0) is 57.8 Å². The van der Waals surface area contributed by atoms with Gasteiger partial charge in [-0.2, -0.15) is 0 Å². The van der Waals surface area contributed by atoms with Crippen molar-refractivity contribution in [2.45, 2.75) is 362 Å². The fraction of sp³-hybridized carbons (Fsp3) is 0.871. The minimum absolute atomic E-state index is 0.242. The average Bonchev–Trinajstić information content (AvgIpc) is 2.42. The molecule has 0 aromatic rings. The van der Waals surface area contributed by atoms with Crippen LogP contribution < -0.4 is 5.32 Å². The molecule has 0 radical (unpaired) electrons. The van der Waals surface area contributed by atoms with Gasteiger partial charge < -0.3 is 89.9 Å². The number of hydrogen-bond donors (Lipinski definition) is 12. The van der Waals surface area contributed by atoms with Gasteiger partial charge in [0.15, 0.2) is 18.9 Å². The molecular weight excluding hydrogens is 1140 g/mol. The van der Waals surface area contributed by atoms with E-state index in [4.69, 9.17) is 28.4 Å². The highest BCUT2D eigenvalue weighted by Gasteiger charge is 2.53. The van der Waals surface area contributed by atoms with Gasteiger partial charge in [-0.3, -0.25) is 4.79 Å². The molecule has 520 valence electrons. The Morgan fingerprint density at radius 1 is 0.404 bits per heavy atom. The van der Waals surface area contributed by atoms with Gasteiger partial charge in [0.1, 0.15) is 73.2 Å². The van der Waals surface area contributed by atoms with Gasteiger partial charge in [0.2, 0.25) is 5.91 Å². The highest BCUT2D eigenvalue weighted by molar-refractivity contribution is 5.76. The van der Waals surface area contributed by atoms with E-state index in [1.807, 2.05) is 6.08 Å². The molecule has 3 saturated heterocycles. The lowest BCUT2D eigenvalue weighted by molar-refractivity contribution is -0.379. The Kier molecular flexibility index (Phi) is 47.4. The van der Waals surface area contributed by atoms with E-state index < -0.39 is 124 Å². The quantitative estimate of drug-likeness (QED) is 0.0199. The van der Waals surface area contributed by atoms with Crippen molar-refractivity contribution in [3.8, 4) is 0 Å². The van der Waals surface area contributed by atoms with Gasteiger partial charge in [0.05, 0.1) is 38.6 Å². The summed E-state index contributed by atoms with van der Waals surface area (Å²) in [7, 11) is 0. The second-order valence-corrected chi connectivity index (χ2v) is 25.3. The summed E-state index contributed by atoms with van der Waals surface area (Å²) in [5.74, 6) is -0.276. The maximum atomic E-state index is 13.4. The van der Waals surface area contributed by atoms with Crippen LogP contribution in [0.25, 0.3) is 0 Å². The Labute approximate surface area is 535 Å². The lowest BCUT2D eigenvalue weighted by Crippen LogP contribution is -2.66. The standard InChI is InChI=1S/C70H127NO18/c1-3-5-7-9-11-13-15-17-19-20-21-22-23-24-25-26-27-28-29-30-31-32-34-36-38-40-42-44-46-48-58(76)71-53(54(75)47-45-43-41-39-37-35-33-18-16-14-12-10-8-6-4-2)52-84-68-64(82)61(79)66(56(50-73)86-68)89-70-65(83)62(80)67(57(51-74)87-70)88-69-63(81)60(78)59(77)55(49-72)85-69/h15,17,20-21,23-24,45,47,53-57,59-70,72-75,77-83H,3-14,16,18-19,22,25-44,46,48-52H2,1-2H3,(H,71,76)/b17-15-,21-20-,24-23-,47-45+. The van der Waals surface area contributed by atoms with Crippen LogP contribution in [0.4, 0.5) is 0 Å². The van der Waals surface area contributed by atoms with E-state index in [-0.39, 0.29) is 18.9 Å². The number of aliphatic hydroxyl groups is 11. The van der Waals surface area contributed by atoms with E-state index in [0.29, 0.717) is 6.42 Å². The Balaban J connectivity index is 1.40. The average molecular weight is 1270 g/mol. The first-order chi connectivity index (χ1) is 43.3. The zero-order chi connectivity index (χ0) is 64.7. The van der Waals surface area contributed by atoms with Gasteiger partial charge >= 0.3 is 0 Å². The van der Waals surface area contributed by atoms with Crippen LogP contribution in [0.15, 0.2) is 48.6 Å². The summed E-state index contributed by atoms with van der Waals surface area (Å²) in [4.78, 5) is 13.4. The van der Waals surface area contributed by atoms with Gasteiger partial charge in [-0.25, -0.2) is 0 Å². The number of ether oxygens (including phenoxy) is 6. The van der Waals surface area contributed by atoms with E-state index in [1.54, 1.807) is 6.08 Å². The third-order valence-electron chi connectivity index (χ3n) is 17.6. The van der Waals surface area contributed by atoms with Crippen LogP contribution in [-0.2, 0) is 33.2 Å². The second kappa shape index (κ2) is 52.1. The molecule has 0 aromatic carbocycles. The third-order valence-corrected chi connectivity index (χ3v) is 17.6. The number of rotatable bonds is 54. The summed E-state index contributed by atoms with van der Waals surface area (Å²) in [5, 5.41) is 120. The molecule has 19 heteroatoms. The van der Waals surface area contributed by atoms with E-state index in [9.17, 15) is 61.0 Å². The molecular formula is C70H127NO18. The first-order valence-corrected chi connectivity index (χ1v) is 35.4. The van der Waals surface area contributed by atoms with Crippen molar-refractivity contribution in [2.24, 2.45) is 0 Å². The van der Waals surface area contributed by atoms with E-state index in [2.05, 4.69) is 55.6 Å². The molecule has 0 saturated carbocycles. The number of nitrogens with one attached hydrogen (secondary N) is 1. The Morgan fingerprint density at radius 2 is 0.742 bits per heavy atom. The Hall–Kier alpha value is -2.25. The highest BCUT2D eigenvalue weighted by atomic mass is 16.8. The lowest BCUT2D eigenvalue weighted by atomic mass is 9.96. The molecule has 0 bridgehead atoms. The number of amides is 1. The Morgan fingerprint density at radius 3 is 1.16 bits per heavy atom. The first kappa shape index (κ1) is 81.0. The largest absolute Gasteiger partial charge is 0.394 e. The first-order valence-electron chi connectivity index (χ1n) is 35.4. The third kappa shape index (κ3) is 34.1. The van der Waals surface area contributed by atoms with Crippen LogP contribution in [0.2, 0.25) is 0 Å². The summed E-state index contributed by atoms with van der Waals surface area (Å²) in [6.45, 7) is 1.73. The van der Waals surface area contributed by atoms with Crippen molar-refractivity contribution >= 4 is 5.91 Å². The number of hydrogen-bond acceptors (Lipinski definition) is 18. The van der Waals surface area contributed by atoms with Crippen LogP contribution in [0.1, 0.15) is 258 Å². The fourth-order valence-electron chi connectivity index (χ4n) is 11.8. The topological polar surface area (TPSA) is 307 Å². The van der Waals surface area contributed by atoms with Crippen LogP contribution in [0.3, 0.4) is 0 Å². The molecule has 3 aliphatic heterocycles. The minimum atomic E-state index is -1.98. The molecule has 19 nitrogen and oxygen atoms in total. The molecule has 17 atom stereocenters.